The van der Waals surface area contributed by atoms with Crippen LogP contribution in [0, 0.1) is 12.1 Å². The molecule has 1 amide bonds. The molecule has 2 aromatic rings. The summed E-state index contributed by atoms with van der Waals surface area (Å²) in [7, 11) is 0. The van der Waals surface area contributed by atoms with Crippen molar-refractivity contribution in [2.24, 2.45) is 0 Å². The highest BCUT2D eigenvalue weighted by Gasteiger charge is 2.19. The Labute approximate surface area is 207 Å². The first-order valence-corrected chi connectivity index (χ1v) is 11.8. The highest BCUT2D eigenvalue weighted by Crippen LogP contribution is 2.36. The van der Waals surface area contributed by atoms with Crippen LogP contribution in [0.15, 0.2) is 54.1 Å². The van der Waals surface area contributed by atoms with Crippen molar-refractivity contribution in [3.05, 3.63) is 81.6 Å². The predicted molar refractivity (Wildman–Crippen MR) is 136 cm³/mol. The molecule has 0 fully saturated rings. The molecule has 2 aromatic carbocycles. The second-order valence-electron chi connectivity index (χ2n) is 7.05. The summed E-state index contributed by atoms with van der Waals surface area (Å²) in [5.41, 5.74) is 6.37. The van der Waals surface area contributed by atoms with Gasteiger partial charge in [-0.15, -0.1) is 0 Å². The molecule has 0 unspecified atom stereocenters. The van der Waals surface area contributed by atoms with E-state index >= 15 is 0 Å². The smallest absolute Gasteiger partial charge is 0.272 e. The zero-order chi connectivity index (χ0) is 23.0. The van der Waals surface area contributed by atoms with Crippen molar-refractivity contribution >= 4 is 59.8 Å². The molecular weight excluding hydrogens is 594 g/mol. The Morgan fingerprint density at radius 1 is 1.13 bits per heavy atom. The fourth-order valence-corrected chi connectivity index (χ4v) is 3.31. The van der Waals surface area contributed by atoms with E-state index in [0.29, 0.717) is 24.5 Å². The third-order valence-corrected chi connectivity index (χ3v) is 4.78. The molecule has 2 rings (SSSR count). The first-order chi connectivity index (χ1) is 14.6. The lowest BCUT2D eigenvalue weighted by atomic mass is 9.99. The van der Waals surface area contributed by atoms with Crippen LogP contribution in [0.3, 0.4) is 0 Å². The maximum atomic E-state index is 11.4. The van der Waals surface area contributed by atoms with E-state index in [1.165, 1.54) is 17.1 Å². The minimum Gasteiger partial charge on any atom is -0.759 e. The van der Waals surface area contributed by atoms with Crippen molar-refractivity contribution in [2.75, 3.05) is 0 Å². The maximum Gasteiger partial charge on any atom is 0.272 e. The molecule has 0 bridgehead atoms. The normalized spacial score (nSPS) is 11.3. The zero-order valence-electron chi connectivity index (χ0n) is 17.4. The van der Waals surface area contributed by atoms with E-state index in [1.54, 1.807) is 6.08 Å². The Balaban J connectivity index is 2.31. The monoisotopic (exact) mass is 614 g/mol. The highest BCUT2D eigenvalue weighted by molar-refractivity contribution is 9.39. The molecule has 0 atom stereocenters. The van der Waals surface area contributed by atoms with Crippen molar-refractivity contribution < 1.29 is 14.3 Å². The summed E-state index contributed by atoms with van der Waals surface area (Å²) < 4.78 is 11.0. The number of hydrogen-bond acceptors (Lipinski definition) is 4. The number of rotatable bonds is 8. The minimum atomic E-state index is -0.815. The summed E-state index contributed by atoms with van der Waals surface area (Å²) in [6.45, 7) is 6.45. The molecule has 0 heterocycles. The third kappa shape index (κ3) is 8.80. The fraction of sp³-hybridized carbons (Fsp3) is 0.261. The van der Waals surface area contributed by atoms with Gasteiger partial charge in [-0.3, -0.25) is 4.79 Å². The van der Waals surface area contributed by atoms with Crippen LogP contribution >= 0.6 is 47.8 Å². The summed E-state index contributed by atoms with van der Waals surface area (Å²) in [4.78, 5) is 11.4. The first-order valence-electron chi connectivity index (χ1n) is 9.42. The summed E-state index contributed by atoms with van der Waals surface area (Å²) in [5.74, 6) is 0.643. The number of allylic oxidation sites excluding steroid dienone is 2. The number of carbonyl (C=O) groups excluding carboxylic acids is 1. The number of ether oxygens (including phenoxy) is 2. The van der Waals surface area contributed by atoms with Gasteiger partial charge in [-0.05, 0) is 104 Å². The predicted octanol–water partition coefficient (Wildman–Crippen LogP) is 6.88. The van der Waals surface area contributed by atoms with Gasteiger partial charge in [0.15, 0.2) is 0 Å². The highest BCUT2D eigenvalue weighted by atomic mass is 80.0. The number of amides is 1. The lowest BCUT2D eigenvalue weighted by molar-refractivity contribution is -0.115. The molecule has 1 N–H and O–H groups in total. The van der Waals surface area contributed by atoms with Gasteiger partial charge in [0.2, 0.25) is 5.91 Å². The topological polar surface area (TPSA) is 70.6 Å². The maximum absolute atomic E-state index is 11.4. The second-order valence-corrected chi connectivity index (χ2v) is 13.6. The molecule has 0 spiro atoms. The van der Waals surface area contributed by atoms with E-state index in [4.69, 9.17) is 9.47 Å². The quantitative estimate of drug-likeness (QED) is 0.152. The van der Waals surface area contributed by atoms with Gasteiger partial charge in [0.25, 0.3) is 2.33 Å². The summed E-state index contributed by atoms with van der Waals surface area (Å²) in [5, 5.41) is 10.6. The van der Waals surface area contributed by atoms with E-state index < -0.39 is 8.24 Å². The second kappa shape index (κ2) is 11.9. The molecule has 166 valence electrons. The number of halogens is 3. The third-order valence-electron chi connectivity index (χ3n) is 4.29. The van der Waals surface area contributed by atoms with E-state index in [2.05, 4.69) is 53.9 Å². The molecule has 31 heavy (non-hydrogen) atoms. The number of nitrogens with one attached hydrogen (secondary N) is 1. The van der Waals surface area contributed by atoms with Gasteiger partial charge in [0, 0.05) is 17.2 Å². The molecular formula is C23H23Br3NO4-. The number of carbonyl (C=O) groups is 1. The Morgan fingerprint density at radius 3 is 2.39 bits per heavy atom. The van der Waals surface area contributed by atoms with Crippen molar-refractivity contribution in [1.82, 2.24) is 5.48 Å². The zero-order valence-corrected chi connectivity index (χ0v) is 22.1. The molecule has 0 radical (unpaired) electrons. The fourth-order valence-electron chi connectivity index (χ4n) is 2.75. The Morgan fingerprint density at radius 2 is 1.81 bits per heavy atom. The lowest BCUT2D eigenvalue weighted by Crippen LogP contribution is -2.11. The lowest BCUT2D eigenvalue weighted by Gasteiger charge is -2.17. The van der Waals surface area contributed by atoms with Gasteiger partial charge in [-0.2, -0.15) is 0 Å². The van der Waals surface area contributed by atoms with E-state index in [-0.39, 0.29) is 0 Å². The van der Waals surface area contributed by atoms with E-state index in [0.717, 1.165) is 22.3 Å². The average molecular weight is 617 g/mol. The summed E-state index contributed by atoms with van der Waals surface area (Å²) >= 11 is 9.90. The molecule has 0 aliphatic rings. The van der Waals surface area contributed by atoms with Crippen LogP contribution in [0.1, 0.15) is 36.1 Å². The first kappa shape index (κ1) is 25.6. The van der Waals surface area contributed by atoms with Crippen LogP contribution in [0.4, 0.5) is 0 Å². The van der Waals surface area contributed by atoms with Gasteiger partial charge < -0.3 is 20.2 Å². The van der Waals surface area contributed by atoms with Gasteiger partial charge in [-0.1, -0.05) is 35.9 Å². The van der Waals surface area contributed by atoms with Crippen LogP contribution in [0.5, 0.6) is 11.5 Å². The van der Waals surface area contributed by atoms with Gasteiger partial charge in [-0.25, -0.2) is 0 Å². The SMILES string of the molecule is CC(C)=CCc1c(C)ccc(/C=C/C(=O)N[O-])c1OCc1ccc(OC(Br)(Br)Br)cc1. The van der Waals surface area contributed by atoms with E-state index in [1.807, 2.05) is 57.2 Å². The standard InChI is InChI=1S/C23H23Br3NO4/c1-15(2)4-12-20-16(3)5-8-18(9-13-21(28)27-29)22(20)30-14-17-6-10-19(11-7-17)31-23(24,25)26/h4-11,13H,12,14H2,1-3H3,(H-,27,28,29)/q-1/b13-9+. The van der Waals surface area contributed by atoms with Crippen LogP contribution in [0.25, 0.3) is 6.08 Å². The van der Waals surface area contributed by atoms with Crippen LogP contribution in [-0.2, 0) is 17.8 Å². The largest absolute Gasteiger partial charge is 0.759 e. The van der Waals surface area contributed by atoms with Crippen LogP contribution < -0.4 is 15.0 Å². The van der Waals surface area contributed by atoms with Gasteiger partial charge >= 0.3 is 0 Å². The Kier molecular flexibility index (Phi) is 9.81. The van der Waals surface area contributed by atoms with E-state index in [9.17, 15) is 10.0 Å². The molecule has 0 aliphatic carbocycles. The Hall–Kier alpha value is -1.61. The molecule has 5 nitrogen and oxygen atoms in total. The van der Waals surface area contributed by atoms with Gasteiger partial charge in [0.1, 0.15) is 18.1 Å². The molecule has 0 aliphatic heterocycles. The van der Waals surface area contributed by atoms with Crippen molar-refractivity contribution in [3.63, 3.8) is 0 Å². The number of hydroxylamine groups is 1. The average Bonchev–Trinajstić information content (AvgIpc) is 2.70. The number of hydrogen-bond donors (Lipinski definition) is 1. The van der Waals surface area contributed by atoms with Crippen LogP contribution in [-0.4, -0.2) is 8.24 Å². The van der Waals surface area contributed by atoms with Crippen molar-refractivity contribution in [2.45, 2.75) is 36.1 Å². The van der Waals surface area contributed by atoms with Crippen LogP contribution in [0.2, 0.25) is 0 Å². The van der Waals surface area contributed by atoms with Gasteiger partial charge in [0.05, 0.1) is 0 Å². The number of alkyl halides is 3. The minimum absolute atomic E-state index is 0.336. The van der Waals surface area contributed by atoms with Crippen molar-refractivity contribution in [1.29, 1.82) is 0 Å². The number of aryl methyl sites for hydroxylation is 1. The van der Waals surface area contributed by atoms with Crippen molar-refractivity contribution in [3.8, 4) is 11.5 Å². The molecule has 0 aromatic heterocycles. The molecule has 0 saturated carbocycles. The summed E-state index contributed by atoms with van der Waals surface area (Å²) in [6, 6.07) is 11.4. The Bertz CT molecular complexity index is 960. The molecule has 8 heteroatoms. The molecule has 0 saturated heterocycles. The number of benzene rings is 2. The summed E-state index contributed by atoms with van der Waals surface area (Å²) in [6.07, 6.45) is 5.63.